The van der Waals surface area contributed by atoms with Crippen LogP contribution >= 0.6 is 15.9 Å². The third-order valence-electron chi connectivity index (χ3n) is 2.70. The summed E-state index contributed by atoms with van der Waals surface area (Å²) in [7, 11) is 0. The van der Waals surface area contributed by atoms with E-state index in [1.54, 1.807) is 13.0 Å². The van der Waals surface area contributed by atoms with Crippen molar-refractivity contribution in [3.05, 3.63) is 11.6 Å². The number of rotatable bonds is 3. The Morgan fingerprint density at radius 3 is 1.85 bits per heavy atom. The van der Waals surface area contributed by atoms with Gasteiger partial charge in [0.15, 0.2) is 18.3 Å². The van der Waals surface area contributed by atoms with Crippen molar-refractivity contribution in [2.75, 3.05) is 0 Å². The first-order valence-electron chi connectivity index (χ1n) is 6.06. The van der Waals surface area contributed by atoms with Gasteiger partial charge in [-0.3, -0.25) is 14.4 Å². The van der Waals surface area contributed by atoms with E-state index in [4.69, 9.17) is 14.2 Å². The largest absolute Gasteiger partial charge is 0.457 e. The van der Waals surface area contributed by atoms with Gasteiger partial charge in [-0.05, 0) is 12.5 Å². The van der Waals surface area contributed by atoms with Crippen LogP contribution in [0.15, 0.2) is 11.6 Å². The van der Waals surface area contributed by atoms with Gasteiger partial charge in [-0.25, -0.2) is 0 Å². The predicted molar refractivity (Wildman–Crippen MR) is 73.1 cm³/mol. The van der Waals surface area contributed by atoms with Gasteiger partial charge in [-0.1, -0.05) is 22.0 Å². The maximum Gasteiger partial charge on any atom is 0.303 e. The van der Waals surface area contributed by atoms with Gasteiger partial charge in [-0.2, -0.15) is 0 Å². The molecule has 112 valence electrons. The summed E-state index contributed by atoms with van der Waals surface area (Å²) in [5, 5.41) is 0. The average Bonchev–Trinajstić information content (AvgIpc) is 2.27. The van der Waals surface area contributed by atoms with Crippen molar-refractivity contribution in [3.8, 4) is 0 Å². The molecule has 0 aromatic rings. The molecule has 0 fully saturated rings. The predicted octanol–water partition coefficient (Wildman–Crippen LogP) is 1.50. The minimum absolute atomic E-state index is 0.331. The highest BCUT2D eigenvalue weighted by atomic mass is 79.9. The number of ether oxygens (including phenoxy) is 3. The second-order valence-corrected chi connectivity index (χ2v) is 5.59. The summed E-state index contributed by atoms with van der Waals surface area (Å²) >= 11 is 3.36. The molecule has 1 aliphatic carbocycles. The lowest BCUT2D eigenvalue weighted by Gasteiger charge is -2.37. The van der Waals surface area contributed by atoms with E-state index in [2.05, 4.69) is 15.9 Å². The molecule has 0 aliphatic heterocycles. The van der Waals surface area contributed by atoms with Crippen molar-refractivity contribution in [3.63, 3.8) is 0 Å². The highest BCUT2D eigenvalue weighted by Crippen LogP contribution is 2.31. The van der Waals surface area contributed by atoms with Gasteiger partial charge in [0.25, 0.3) is 0 Å². The fourth-order valence-electron chi connectivity index (χ4n) is 2.04. The Labute approximate surface area is 125 Å². The monoisotopic (exact) mass is 348 g/mol. The molecule has 0 saturated carbocycles. The molecule has 4 atom stereocenters. The first-order chi connectivity index (χ1) is 9.22. The first-order valence-corrected chi connectivity index (χ1v) is 6.98. The zero-order valence-corrected chi connectivity index (χ0v) is 13.3. The van der Waals surface area contributed by atoms with Crippen LogP contribution in [0.5, 0.6) is 0 Å². The number of hydrogen-bond donors (Lipinski definition) is 0. The normalized spacial score (nSPS) is 29.1. The third-order valence-corrected chi connectivity index (χ3v) is 3.49. The Morgan fingerprint density at radius 2 is 1.40 bits per heavy atom. The zero-order chi connectivity index (χ0) is 15.4. The van der Waals surface area contributed by atoms with E-state index in [-0.39, 0.29) is 4.83 Å². The summed E-state index contributed by atoms with van der Waals surface area (Å²) < 4.78 is 15.6. The molecule has 0 aromatic heterocycles. The van der Waals surface area contributed by atoms with Crippen molar-refractivity contribution >= 4 is 33.8 Å². The third kappa shape index (κ3) is 4.33. The lowest BCUT2D eigenvalue weighted by atomic mass is 9.91. The summed E-state index contributed by atoms with van der Waals surface area (Å²) in [5.41, 5.74) is 0.719. The van der Waals surface area contributed by atoms with E-state index in [1.807, 2.05) is 0 Å². The van der Waals surface area contributed by atoms with Crippen molar-refractivity contribution in [2.24, 2.45) is 0 Å². The summed E-state index contributed by atoms with van der Waals surface area (Å²) in [6.45, 7) is 5.52. The second-order valence-electron chi connectivity index (χ2n) is 4.53. The van der Waals surface area contributed by atoms with Gasteiger partial charge in [0.05, 0.1) is 4.83 Å². The van der Waals surface area contributed by atoms with Crippen LogP contribution in [0.1, 0.15) is 27.7 Å². The van der Waals surface area contributed by atoms with Crippen molar-refractivity contribution in [2.45, 2.75) is 50.8 Å². The molecule has 0 amide bonds. The molecule has 20 heavy (non-hydrogen) atoms. The van der Waals surface area contributed by atoms with Crippen LogP contribution < -0.4 is 0 Å². The number of halogens is 1. The van der Waals surface area contributed by atoms with Crippen molar-refractivity contribution < 1.29 is 28.6 Å². The standard InChI is InChI=1S/C13H17BrO6/c1-6-5-10(14)12(19-8(3)16)13(20-9(4)17)11(6)18-7(2)15/h5,10-13H,1-4H3/t10-,11-,12-,13-/m0/s1. The highest BCUT2D eigenvalue weighted by Gasteiger charge is 2.44. The van der Waals surface area contributed by atoms with E-state index in [0.717, 1.165) is 5.57 Å². The van der Waals surface area contributed by atoms with Crippen LogP contribution in [0.4, 0.5) is 0 Å². The summed E-state index contributed by atoms with van der Waals surface area (Å²) in [5.74, 6) is -1.56. The Kier molecular flexibility index (Phi) is 5.74. The molecular formula is C13H17BrO6. The second kappa shape index (κ2) is 6.88. The Morgan fingerprint density at radius 1 is 0.950 bits per heavy atom. The van der Waals surface area contributed by atoms with Crippen LogP contribution in [0.25, 0.3) is 0 Å². The van der Waals surface area contributed by atoms with Crippen LogP contribution in [0.3, 0.4) is 0 Å². The van der Waals surface area contributed by atoms with Crippen LogP contribution in [0, 0.1) is 0 Å². The molecular weight excluding hydrogens is 332 g/mol. The molecule has 6 nitrogen and oxygen atoms in total. The Bertz CT molecular complexity index is 444. The quantitative estimate of drug-likeness (QED) is 0.333. The molecule has 1 rings (SSSR count). The molecule has 0 bridgehead atoms. The molecule has 0 aromatic carbocycles. The van der Waals surface area contributed by atoms with Crippen molar-refractivity contribution in [1.29, 1.82) is 0 Å². The minimum atomic E-state index is -0.880. The smallest absolute Gasteiger partial charge is 0.303 e. The van der Waals surface area contributed by atoms with Gasteiger partial charge in [0.1, 0.15) is 0 Å². The van der Waals surface area contributed by atoms with E-state index >= 15 is 0 Å². The molecule has 0 spiro atoms. The molecule has 0 heterocycles. The number of carbonyl (C=O) groups is 3. The Hall–Kier alpha value is -1.37. The first kappa shape index (κ1) is 16.7. The molecule has 0 N–H and O–H groups in total. The van der Waals surface area contributed by atoms with Gasteiger partial charge in [-0.15, -0.1) is 0 Å². The number of esters is 3. The van der Waals surface area contributed by atoms with Gasteiger partial charge in [0.2, 0.25) is 0 Å². The summed E-state index contributed by atoms with van der Waals surface area (Å²) in [6, 6.07) is 0. The molecule has 0 unspecified atom stereocenters. The molecule has 0 saturated heterocycles. The molecule has 7 heteroatoms. The van der Waals surface area contributed by atoms with E-state index in [0.29, 0.717) is 0 Å². The van der Waals surface area contributed by atoms with Gasteiger partial charge < -0.3 is 14.2 Å². The lowest BCUT2D eigenvalue weighted by molar-refractivity contribution is -0.180. The van der Waals surface area contributed by atoms with Gasteiger partial charge >= 0.3 is 17.9 Å². The Balaban J connectivity index is 3.10. The molecule has 0 radical (unpaired) electrons. The number of alkyl halides is 1. The average molecular weight is 349 g/mol. The minimum Gasteiger partial charge on any atom is -0.457 e. The maximum atomic E-state index is 11.3. The number of carbonyl (C=O) groups excluding carboxylic acids is 3. The zero-order valence-electron chi connectivity index (χ0n) is 11.7. The fraction of sp³-hybridized carbons (Fsp3) is 0.615. The lowest BCUT2D eigenvalue weighted by Crippen LogP contribution is -2.51. The van der Waals surface area contributed by atoms with Crippen LogP contribution in [-0.2, 0) is 28.6 Å². The maximum absolute atomic E-state index is 11.3. The number of hydrogen-bond acceptors (Lipinski definition) is 6. The van der Waals surface area contributed by atoms with Crippen LogP contribution in [-0.4, -0.2) is 41.0 Å². The van der Waals surface area contributed by atoms with E-state index in [1.165, 1.54) is 20.8 Å². The fourth-order valence-corrected chi connectivity index (χ4v) is 2.86. The van der Waals surface area contributed by atoms with Gasteiger partial charge in [0, 0.05) is 20.8 Å². The highest BCUT2D eigenvalue weighted by molar-refractivity contribution is 9.09. The molecule has 1 aliphatic rings. The summed E-state index contributed by atoms with van der Waals surface area (Å²) in [6.07, 6.45) is -0.644. The SMILES string of the molecule is CC(=O)O[C@@H]1[C@@H](OC(C)=O)[C@@H](OC(C)=O)C(C)=C[C@@H]1Br. The van der Waals surface area contributed by atoms with Crippen molar-refractivity contribution in [1.82, 2.24) is 0 Å². The summed E-state index contributed by atoms with van der Waals surface area (Å²) in [4.78, 5) is 33.3. The van der Waals surface area contributed by atoms with E-state index in [9.17, 15) is 14.4 Å². The van der Waals surface area contributed by atoms with E-state index < -0.39 is 36.2 Å². The topological polar surface area (TPSA) is 78.9 Å². The van der Waals surface area contributed by atoms with Crippen LogP contribution in [0.2, 0.25) is 0 Å².